The number of hydrogen-bond donors (Lipinski definition) is 1. The zero-order valence-electron chi connectivity index (χ0n) is 12.2. The Morgan fingerprint density at radius 3 is 2.55 bits per heavy atom. The van der Waals surface area contributed by atoms with Crippen molar-refractivity contribution in [2.75, 3.05) is 19.7 Å². The van der Waals surface area contributed by atoms with Gasteiger partial charge in [0, 0.05) is 12.6 Å². The predicted octanol–water partition coefficient (Wildman–Crippen LogP) is 2.76. The Hall–Kier alpha value is -1.82. The third-order valence-electron chi connectivity index (χ3n) is 2.42. The van der Waals surface area contributed by atoms with Gasteiger partial charge in [-0.05, 0) is 26.8 Å². The summed E-state index contributed by atoms with van der Waals surface area (Å²) in [6.07, 6.45) is 1.01. The van der Waals surface area contributed by atoms with Gasteiger partial charge in [-0.2, -0.15) is 0 Å². The largest absolute Gasteiger partial charge is 0.492 e. The maximum Gasteiger partial charge on any atom is 0.276 e. The molecule has 0 radical (unpaired) electrons. The molecule has 6 heteroatoms. The molecule has 112 valence electrons. The molecule has 0 fully saturated rings. The fourth-order valence-corrected chi connectivity index (χ4v) is 1.63. The zero-order valence-corrected chi connectivity index (χ0v) is 12.2. The topological polar surface area (TPSA) is 73.6 Å². The zero-order chi connectivity index (χ0) is 15.0. The molecule has 6 nitrogen and oxygen atoms in total. The Morgan fingerprint density at radius 1 is 1.25 bits per heavy atom. The normalized spacial score (nSPS) is 10.6. The molecule has 0 aliphatic heterocycles. The van der Waals surface area contributed by atoms with Gasteiger partial charge >= 0.3 is 0 Å². The number of hydrogen-bond acceptors (Lipinski definition) is 5. The van der Waals surface area contributed by atoms with Crippen molar-refractivity contribution in [2.24, 2.45) is 0 Å². The fourth-order valence-electron chi connectivity index (χ4n) is 1.63. The molecular weight excluding hydrogens is 260 g/mol. The average Bonchev–Trinajstić information content (AvgIpc) is 2.37. The van der Waals surface area contributed by atoms with E-state index in [1.807, 2.05) is 13.8 Å². The van der Waals surface area contributed by atoms with Gasteiger partial charge in [-0.25, -0.2) is 0 Å². The predicted molar refractivity (Wildman–Crippen MR) is 77.5 cm³/mol. The summed E-state index contributed by atoms with van der Waals surface area (Å²) in [5, 5.41) is 14.1. The van der Waals surface area contributed by atoms with Crippen molar-refractivity contribution in [3.63, 3.8) is 0 Å². The molecule has 0 unspecified atom stereocenters. The average molecular weight is 282 g/mol. The Kier molecular flexibility index (Phi) is 6.79. The van der Waals surface area contributed by atoms with Gasteiger partial charge in [-0.3, -0.25) is 10.1 Å². The minimum absolute atomic E-state index is 0.0281. The number of non-ortho nitro benzene ring substituents is 1. The van der Waals surface area contributed by atoms with E-state index in [1.54, 1.807) is 6.07 Å². The van der Waals surface area contributed by atoms with Crippen molar-refractivity contribution in [2.45, 2.75) is 33.3 Å². The van der Waals surface area contributed by atoms with Crippen LogP contribution < -0.4 is 14.8 Å². The minimum Gasteiger partial charge on any atom is -0.492 e. The Bertz CT molecular complexity index is 435. The van der Waals surface area contributed by atoms with Gasteiger partial charge in [0.2, 0.25) is 0 Å². The third-order valence-corrected chi connectivity index (χ3v) is 2.42. The molecule has 0 saturated heterocycles. The monoisotopic (exact) mass is 282 g/mol. The van der Waals surface area contributed by atoms with Crippen LogP contribution in [0.1, 0.15) is 27.2 Å². The highest BCUT2D eigenvalue weighted by molar-refractivity contribution is 5.46. The quantitative estimate of drug-likeness (QED) is 0.428. The van der Waals surface area contributed by atoms with Crippen LogP contribution in [0.25, 0.3) is 0 Å². The lowest BCUT2D eigenvalue weighted by atomic mass is 10.3. The summed E-state index contributed by atoms with van der Waals surface area (Å²) < 4.78 is 11.0. The Labute approximate surface area is 119 Å². The second kappa shape index (κ2) is 8.37. The van der Waals surface area contributed by atoms with Crippen LogP contribution in [0.3, 0.4) is 0 Å². The lowest BCUT2D eigenvalue weighted by molar-refractivity contribution is -0.385. The second-order valence-corrected chi connectivity index (χ2v) is 4.68. The van der Waals surface area contributed by atoms with Crippen molar-refractivity contribution < 1.29 is 14.4 Å². The first kappa shape index (κ1) is 16.2. The summed E-state index contributed by atoms with van der Waals surface area (Å²) in [7, 11) is 0. The standard InChI is InChI=1S/C14H22N2O4/c1-4-5-15-6-7-19-13-8-12(16(17)18)9-14(10-13)20-11(2)3/h8-11,15H,4-7H2,1-3H3. The van der Waals surface area contributed by atoms with Crippen molar-refractivity contribution in [3.05, 3.63) is 28.3 Å². The van der Waals surface area contributed by atoms with Crippen LogP contribution in [0.15, 0.2) is 18.2 Å². The highest BCUT2D eigenvalue weighted by atomic mass is 16.6. The van der Waals surface area contributed by atoms with Crippen molar-refractivity contribution >= 4 is 5.69 Å². The molecule has 1 rings (SSSR count). The maximum atomic E-state index is 10.9. The second-order valence-electron chi connectivity index (χ2n) is 4.68. The van der Waals surface area contributed by atoms with Gasteiger partial charge < -0.3 is 14.8 Å². The van der Waals surface area contributed by atoms with Crippen LogP contribution in [0.4, 0.5) is 5.69 Å². The van der Waals surface area contributed by atoms with Gasteiger partial charge in [0.05, 0.1) is 23.2 Å². The summed E-state index contributed by atoms with van der Waals surface area (Å²) in [5.74, 6) is 0.902. The first-order valence-corrected chi connectivity index (χ1v) is 6.82. The summed E-state index contributed by atoms with van der Waals surface area (Å²) in [6, 6.07) is 4.49. The molecule has 0 atom stereocenters. The van der Waals surface area contributed by atoms with Crippen molar-refractivity contribution in [1.82, 2.24) is 5.32 Å². The van der Waals surface area contributed by atoms with Gasteiger partial charge in [0.25, 0.3) is 5.69 Å². The molecule has 1 aromatic carbocycles. The molecule has 0 spiro atoms. The van der Waals surface area contributed by atoms with E-state index in [1.165, 1.54) is 12.1 Å². The fraction of sp³-hybridized carbons (Fsp3) is 0.571. The lowest BCUT2D eigenvalue weighted by Gasteiger charge is -2.12. The minimum atomic E-state index is -0.449. The van der Waals surface area contributed by atoms with Crippen LogP contribution in [0.5, 0.6) is 11.5 Å². The summed E-state index contributed by atoms with van der Waals surface area (Å²) in [4.78, 5) is 10.4. The first-order valence-electron chi connectivity index (χ1n) is 6.82. The number of nitro benzene ring substituents is 1. The van der Waals surface area contributed by atoms with Crippen molar-refractivity contribution in [3.8, 4) is 11.5 Å². The maximum absolute atomic E-state index is 10.9. The molecule has 0 aliphatic carbocycles. The summed E-state index contributed by atoms with van der Waals surface area (Å²) >= 11 is 0. The highest BCUT2D eigenvalue weighted by Crippen LogP contribution is 2.28. The Morgan fingerprint density at radius 2 is 1.95 bits per heavy atom. The highest BCUT2D eigenvalue weighted by Gasteiger charge is 2.12. The van der Waals surface area contributed by atoms with E-state index in [0.717, 1.165) is 13.0 Å². The number of benzene rings is 1. The SMILES string of the molecule is CCCNCCOc1cc(OC(C)C)cc([N+](=O)[O-])c1. The molecule has 20 heavy (non-hydrogen) atoms. The smallest absolute Gasteiger partial charge is 0.276 e. The van der Waals surface area contributed by atoms with Gasteiger partial charge in [0.15, 0.2) is 0 Å². The van der Waals surface area contributed by atoms with E-state index in [0.29, 0.717) is 24.7 Å². The van der Waals surface area contributed by atoms with Gasteiger partial charge in [-0.1, -0.05) is 6.92 Å². The summed E-state index contributed by atoms with van der Waals surface area (Å²) in [6.45, 7) is 7.92. The molecule has 0 aliphatic rings. The first-order chi connectivity index (χ1) is 9.52. The number of ether oxygens (including phenoxy) is 2. The van der Waals surface area contributed by atoms with Crippen LogP contribution in [0, 0.1) is 10.1 Å². The molecule has 0 saturated carbocycles. The van der Waals surface area contributed by atoms with E-state index in [-0.39, 0.29) is 11.8 Å². The number of nitrogens with one attached hydrogen (secondary N) is 1. The Balaban J connectivity index is 2.68. The molecule has 0 heterocycles. The van der Waals surface area contributed by atoms with Gasteiger partial charge in [-0.15, -0.1) is 0 Å². The van der Waals surface area contributed by atoms with E-state index in [2.05, 4.69) is 12.2 Å². The molecule has 0 amide bonds. The number of nitro groups is 1. The van der Waals surface area contributed by atoms with E-state index in [4.69, 9.17) is 9.47 Å². The van der Waals surface area contributed by atoms with Crippen LogP contribution in [-0.4, -0.2) is 30.7 Å². The summed E-state index contributed by atoms with van der Waals surface area (Å²) in [5.41, 5.74) is -0.0281. The molecule has 1 aromatic rings. The van der Waals surface area contributed by atoms with Crippen LogP contribution in [-0.2, 0) is 0 Å². The van der Waals surface area contributed by atoms with Gasteiger partial charge in [0.1, 0.15) is 18.1 Å². The van der Waals surface area contributed by atoms with Crippen molar-refractivity contribution in [1.29, 1.82) is 0 Å². The third kappa shape index (κ3) is 5.88. The van der Waals surface area contributed by atoms with E-state index < -0.39 is 4.92 Å². The van der Waals surface area contributed by atoms with E-state index in [9.17, 15) is 10.1 Å². The number of nitrogens with zero attached hydrogens (tertiary/aromatic N) is 1. The van der Waals surface area contributed by atoms with E-state index >= 15 is 0 Å². The molecule has 1 N–H and O–H groups in total. The van der Waals surface area contributed by atoms with Crippen LogP contribution in [0.2, 0.25) is 0 Å². The number of rotatable bonds is 9. The molecule has 0 aromatic heterocycles. The molecular formula is C14H22N2O4. The lowest BCUT2D eigenvalue weighted by Crippen LogP contribution is -2.21. The molecule has 0 bridgehead atoms. The van der Waals surface area contributed by atoms with Crippen LogP contribution >= 0.6 is 0 Å².